The van der Waals surface area contributed by atoms with E-state index in [0.717, 1.165) is 6.07 Å². The number of nitro benzene ring substituents is 1. The lowest BCUT2D eigenvalue weighted by Gasteiger charge is -2.07. The molecule has 0 aliphatic carbocycles. The first-order valence-electron chi connectivity index (χ1n) is 7.50. The van der Waals surface area contributed by atoms with E-state index in [4.69, 9.17) is 11.6 Å². The maximum absolute atomic E-state index is 12.3. The van der Waals surface area contributed by atoms with Crippen molar-refractivity contribution in [2.75, 3.05) is 10.6 Å². The van der Waals surface area contributed by atoms with Crippen molar-refractivity contribution in [2.45, 2.75) is 0 Å². The quantitative estimate of drug-likeness (QED) is 0.490. The molecular weight excluding hydrogens is 392 g/mol. The van der Waals surface area contributed by atoms with E-state index in [1.807, 2.05) is 0 Å². The van der Waals surface area contributed by atoms with E-state index in [1.165, 1.54) is 47.7 Å². The van der Waals surface area contributed by atoms with Gasteiger partial charge in [-0.1, -0.05) is 11.6 Å². The maximum atomic E-state index is 12.3. The Bertz CT molecular complexity index is 1010. The van der Waals surface area contributed by atoms with E-state index in [0.29, 0.717) is 16.4 Å². The van der Waals surface area contributed by atoms with Crippen LogP contribution in [0.3, 0.4) is 0 Å². The lowest BCUT2D eigenvalue weighted by Crippen LogP contribution is -2.15. The molecule has 2 aromatic carbocycles. The Hall–Kier alpha value is -3.30. The number of carbonyl (C=O) groups excluding carboxylic acids is 2. The van der Waals surface area contributed by atoms with Crippen LogP contribution in [-0.4, -0.2) is 21.7 Å². The van der Waals surface area contributed by atoms with Gasteiger partial charge >= 0.3 is 0 Å². The third kappa shape index (κ3) is 4.46. The van der Waals surface area contributed by atoms with Crippen LogP contribution in [0, 0.1) is 10.1 Å². The van der Waals surface area contributed by atoms with Crippen LogP contribution in [0.25, 0.3) is 0 Å². The molecule has 0 atom stereocenters. The number of rotatable bonds is 5. The fraction of sp³-hybridized carbons (Fsp3) is 0. The number of halogens is 1. The van der Waals surface area contributed by atoms with Gasteiger partial charge in [0, 0.05) is 33.9 Å². The Morgan fingerprint density at radius 2 is 1.81 bits per heavy atom. The zero-order valence-electron chi connectivity index (χ0n) is 13.5. The van der Waals surface area contributed by atoms with Crippen molar-refractivity contribution in [3.05, 3.63) is 80.3 Å². The molecule has 2 amide bonds. The van der Waals surface area contributed by atoms with E-state index in [-0.39, 0.29) is 22.2 Å². The average Bonchev–Trinajstić information content (AvgIpc) is 3.15. The third-order valence-electron chi connectivity index (χ3n) is 3.46. The van der Waals surface area contributed by atoms with Gasteiger partial charge in [-0.05, 0) is 36.4 Å². The average molecular weight is 403 g/mol. The highest BCUT2D eigenvalue weighted by Crippen LogP contribution is 2.24. The van der Waals surface area contributed by atoms with Crippen LogP contribution in [-0.2, 0) is 0 Å². The fourth-order valence-electron chi connectivity index (χ4n) is 2.21. The van der Waals surface area contributed by atoms with Crippen LogP contribution >= 0.6 is 22.9 Å². The van der Waals surface area contributed by atoms with Crippen LogP contribution < -0.4 is 10.6 Å². The molecule has 10 heteroatoms. The molecule has 0 saturated heterocycles. The van der Waals surface area contributed by atoms with Gasteiger partial charge in [-0.3, -0.25) is 25.0 Å². The molecule has 1 aromatic heterocycles. The normalized spacial score (nSPS) is 10.3. The number of aromatic nitrogens is 1. The molecule has 0 radical (unpaired) electrons. The first-order valence-corrected chi connectivity index (χ1v) is 8.76. The van der Waals surface area contributed by atoms with E-state index < -0.39 is 10.8 Å². The van der Waals surface area contributed by atoms with Crippen LogP contribution in [0.2, 0.25) is 5.02 Å². The number of benzene rings is 2. The molecular formula is C17H11ClN4O4S. The number of thiazole rings is 1. The second kappa shape index (κ2) is 7.94. The van der Waals surface area contributed by atoms with Gasteiger partial charge in [0.05, 0.1) is 4.92 Å². The smallest absolute Gasteiger partial charge is 0.283 e. The van der Waals surface area contributed by atoms with Crippen molar-refractivity contribution in [2.24, 2.45) is 0 Å². The largest absolute Gasteiger partial charge is 0.322 e. The number of nitrogens with one attached hydrogen (secondary N) is 2. The summed E-state index contributed by atoms with van der Waals surface area (Å²) in [6.45, 7) is 0. The summed E-state index contributed by atoms with van der Waals surface area (Å²) in [5.41, 5.74) is 0.255. The summed E-state index contributed by atoms with van der Waals surface area (Å²) in [6, 6.07) is 9.89. The molecule has 1 heterocycles. The molecule has 0 bridgehead atoms. The molecule has 0 aliphatic heterocycles. The lowest BCUT2D eigenvalue weighted by atomic mass is 10.1. The monoisotopic (exact) mass is 402 g/mol. The zero-order valence-corrected chi connectivity index (χ0v) is 15.1. The van der Waals surface area contributed by atoms with Gasteiger partial charge in [-0.25, -0.2) is 4.98 Å². The Morgan fingerprint density at radius 1 is 1.07 bits per heavy atom. The molecule has 136 valence electrons. The summed E-state index contributed by atoms with van der Waals surface area (Å²) < 4.78 is 0. The van der Waals surface area contributed by atoms with Crippen molar-refractivity contribution >= 4 is 51.3 Å². The van der Waals surface area contributed by atoms with Gasteiger partial charge in [0.2, 0.25) is 0 Å². The van der Waals surface area contributed by atoms with Crippen molar-refractivity contribution in [3.8, 4) is 0 Å². The zero-order chi connectivity index (χ0) is 19.4. The highest BCUT2D eigenvalue weighted by molar-refractivity contribution is 7.13. The molecule has 27 heavy (non-hydrogen) atoms. The Morgan fingerprint density at radius 3 is 2.44 bits per heavy atom. The summed E-state index contributed by atoms with van der Waals surface area (Å²) in [4.78, 5) is 38.8. The number of carbonyl (C=O) groups is 2. The van der Waals surface area contributed by atoms with E-state index in [2.05, 4.69) is 15.6 Å². The van der Waals surface area contributed by atoms with Gasteiger partial charge in [-0.15, -0.1) is 11.3 Å². The van der Waals surface area contributed by atoms with Crippen LogP contribution in [0.15, 0.2) is 54.0 Å². The second-order valence-electron chi connectivity index (χ2n) is 5.24. The number of hydrogen-bond acceptors (Lipinski definition) is 6. The number of amides is 2. The standard InChI is InChI=1S/C17H11ClN4O4S/c18-11-3-6-13(14(9-11)22(25)26)16(24)20-12-4-1-10(2-5-12)15(23)21-17-19-7-8-27-17/h1-9H,(H,20,24)(H,19,21,23). The Kier molecular flexibility index (Phi) is 5.43. The fourth-order valence-corrected chi connectivity index (χ4v) is 2.90. The highest BCUT2D eigenvalue weighted by Gasteiger charge is 2.20. The topological polar surface area (TPSA) is 114 Å². The van der Waals surface area contributed by atoms with Crippen molar-refractivity contribution in [1.29, 1.82) is 0 Å². The minimum atomic E-state index is -0.674. The van der Waals surface area contributed by atoms with Crippen molar-refractivity contribution < 1.29 is 14.5 Å². The SMILES string of the molecule is O=C(Nc1nccs1)c1ccc(NC(=O)c2ccc(Cl)cc2[N+](=O)[O-])cc1. The summed E-state index contributed by atoms with van der Waals surface area (Å²) in [5.74, 6) is -0.991. The first kappa shape index (κ1) is 18.5. The van der Waals surface area contributed by atoms with Crippen LogP contribution in [0.1, 0.15) is 20.7 Å². The number of nitrogens with zero attached hydrogens (tertiary/aromatic N) is 2. The van der Waals surface area contributed by atoms with Gasteiger partial charge in [-0.2, -0.15) is 0 Å². The molecule has 0 saturated carbocycles. The summed E-state index contributed by atoms with van der Waals surface area (Å²) in [7, 11) is 0. The van der Waals surface area contributed by atoms with E-state index in [1.54, 1.807) is 11.6 Å². The molecule has 0 spiro atoms. The molecule has 0 aliphatic rings. The molecule has 2 N–H and O–H groups in total. The molecule has 3 rings (SSSR count). The molecule has 3 aromatic rings. The van der Waals surface area contributed by atoms with E-state index in [9.17, 15) is 19.7 Å². The minimum absolute atomic E-state index is 0.116. The summed E-state index contributed by atoms with van der Waals surface area (Å²) >= 11 is 7.04. The Labute approximate surface area is 162 Å². The number of hydrogen-bond donors (Lipinski definition) is 2. The molecule has 0 unspecified atom stereocenters. The van der Waals surface area contributed by atoms with Crippen LogP contribution in [0.4, 0.5) is 16.5 Å². The third-order valence-corrected chi connectivity index (χ3v) is 4.38. The Balaban J connectivity index is 1.72. The van der Waals surface area contributed by atoms with Crippen molar-refractivity contribution in [3.63, 3.8) is 0 Å². The van der Waals surface area contributed by atoms with Gasteiger partial charge in [0.25, 0.3) is 17.5 Å². The van der Waals surface area contributed by atoms with Gasteiger partial charge in [0.15, 0.2) is 5.13 Å². The summed E-state index contributed by atoms with van der Waals surface area (Å²) in [6.07, 6.45) is 1.58. The second-order valence-corrected chi connectivity index (χ2v) is 6.57. The predicted octanol–water partition coefficient (Wildman–Crippen LogP) is 4.21. The minimum Gasteiger partial charge on any atom is -0.322 e. The first-order chi connectivity index (χ1) is 12.9. The predicted molar refractivity (Wildman–Crippen MR) is 103 cm³/mol. The molecule has 8 nitrogen and oxygen atoms in total. The van der Waals surface area contributed by atoms with Gasteiger partial charge in [0.1, 0.15) is 5.56 Å². The van der Waals surface area contributed by atoms with Gasteiger partial charge < -0.3 is 5.32 Å². The summed E-state index contributed by atoms with van der Waals surface area (Å²) in [5, 5.41) is 18.7. The highest BCUT2D eigenvalue weighted by atomic mass is 35.5. The maximum Gasteiger partial charge on any atom is 0.283 e. The lowest BCUT2D eigenvalue weighted by molar-refractivity contribution is -0.385. The number of nitro groups is 1. The van der Waals surface area contributed by atoms with Crippen molar-refractivity contribution in [1.82, 2.24) is 4.98 Å². The van der Waals surface area contributed by atoms with E-state index >= 15 is 0 Å². The van der Waals surface area contributed by atoms with Crippen LogP contribution in [0.5, 0.6) is 0 Å². The molecule has 0 fully saturated rings. The number of anilines is 2.